The Morgan fingerprint density at radius 2 is 1.90 bits per heavy atom. The Bertz CT molecular complexity index is 978. The van der Waals surface area contributed by atoms with E-state index in [0.717, 1.165) is 52.2 Å². The minimum Gasteiger partial charge on any atom is -0.459 e. The number of likely N-dealkylation sites (N-methyl/N-ethyl adjacent to an activating group) is 1. The van der Waals surface area contributed by atoms with Crippen molar-refractivity contribution in [2.45, 2.75) is 13.0 Å². The smallest absolute Gasteiger partial charge is 0.291 e. The summed E-state index contributed by atoms with van der Waals surface area (Å²) < 4.78 is 5.26. The second kappa shape index (κ2) is 8.71. The molecule has 152 valence electrons. The number of halogens is 1. The molecular weight excluding hydrogens is 406 g/mol. The van der Waals surface area contributed by atoms with Gasteiger partial charge in [0.05, 0.1) is 12.3 Å². The second-order valence-electron chi connectivity index (χ2n) is 7.34. The first-order valence-corrected chi connectivity index (χ1v) is 10.8. The molecule has 1 amide bonds. The number of furan rings is 1. The first-order valence-electron chi connectivity index (χ1n) is 9.65. The highest BCUT2D eigenvalue weighted by Gasteiger charge is 2.30. The topological polar surface area (TPSA) is 48.7 Å². The van der Waals surface area contributed by atoms with Crippen LogP contribution in [-0.4, -0.2) is 48.9 Å². The lowest BCUT2D eigenvalue weighted by Crippen LogP contribution is -2.46. The maximum absolute atomic E-state index is 12.6. The van der Waals surface area contributed by atoms with Crippen molar-refractivity contribution in [1.29, 1.82) is 0 Å². The Morgan fingerprint density at radius 3 is 2.59 bits per heavy atom. The summed E-state index contributed by atoms with van der Waals surface area (Å²) in [4.78, 5) is 18.6. The third-order valence-corrected chi connectivity index (χ3v) is 6.58. The van der Waals surface area contributed by atoms with E-state index < -0.39 is 0 Å². The van der Waals surface area contributed by atoms with Gasteiger partial charge in [-0.3, -0.25) is 9.69 Å². The van der Waals surface area contributed by atoms with E-state index in [9.17, 15) is 4.79 Å². The molecule has 1 aromatic carbocycles. The lowest BCUT2D eigenvalue weighted by atomic mass is 9.97. The summed E-state index contributed by atoms with van der Waals surface area (Å²) in [6.07, 6.45) is 1.51. The van der Waals surface area contributed by atoms with Gasteiger partial charge >= 0.3 is 0 Å². The van der Waals surface area contributed by atoms with Gasteiger partial charge in [0.2, 0.25) is 0 Å². The molecule has 1 fully saturated rings. The van der Waals surface area contributed by atoms with Crippen molar-refractivity contribution in [3.63, 3.8) is 0 Å². The van der Waals surface area contributed by atoms with Gasteiger partial charge in [-0.25, -0.2) is 0 Å². The van der Waals surface area contributed by atoms with Crippen LogP contribution < -0.4 is 5.32 Å². The largest absolute Gasteiger partial charge is 0.459 e. The molecule has 3 aromatic rings. The minimum atomic E-state index is -0.241. The van der Waals surface area contributed by atoms with E-state index in [1.807, 2.05) is 18.2 Å². The number of anilines is 1. The maximum atomic E-state index is 12.6. The number of hydrogen-bond acceptors (Lipinski definition) is 5. The molecule has 0 aliphatic carbocycles. The van der Waals surface area contributed by atoms with Gasteiger partial charge in [-0.15, -0.1) is 11.3 Å². The molecule has 3 heterocycles. The molecule has 1 saturated heterocycles. The average Bonchev–Trinajstić information content (AvgIpc) is 3.35. The number of aryl methyl sites for hydroxylation is 1. The van der Waals surface area contributed by atoms with Gasteiger partial charge in [0.25, 0.3) is 5.91 Å². The summed E-state index contributed by atoms with van der Waals surface area (Å²) in [7, 11) is 2.14. The third kappa shape index (κ3) is 4.41. The molecule has 0 bridgehead atoms. The Labute approximate surface area is 179 Å². The number of rotatable bonds is 5. The minimum absolute atomic E-state index is 0.0192. The van der Waals surface area contributed by atoms with Gasteiger partial charge in [-0.1, -0.05) is 29.8 Å². The number of carbonyl (C=O) groups is 1. The molecule has 1 aliphatic heterocycles. The summed E-state index contributed by atoms with van der Waals surface area (Å²) in [5.74, 6) is 0.0604. The number of piperazine rings is 1. The zero-order valence-electron chi connectivity index (χ0n) is 16.5. The standard InChI is InChI=1S/C22H24ClN3O2S/c1-15-14-17(22(29-15)24-21(27)19-8-5-13-28-19)20(16-6-3-4-7-18(16)23)26-11-9-25(2)10-12-26/h3-8,13-14,20H,9-12H2,1-2H3,(H,24,27)/t20-/m1/s1. The van der Waals surface area contributed by atoms with E-state index in [2.05, 4.69) is 41.2 Å². The molecule has 29 heavy (non-hydrogen) atoms. The molecule has 1 N–H and O–H groups in total. The molecule has 5 nitrogen and oxygen atoms in total. The highest BCUT2D eigenvalue weighted by atomic mass is 35.5. The molecular formula is C22H24ClN3O2S. The molecule has 4 rings (SSSR count). The predicted octanol–water partition coefficient (Wildman–Crippen LogP) is 4.89. The summed E-state index contributed by atoms with van der Waals surface area (Å²) in [5.41, 5.74) is 2.13. The van der Waals surface area contributed by atoms with Gasteiger partial charge in [0.1, 0.15) is 5.00 Å². The van der Waals surface area contributed by atoms with Crippen LogP contribution in [0.25, 0.3) is 0 Å². The molecule has 2 aromatic heterocycles. The van der Waals surface area contributed by atoms with Crippen molar-refractivity contribution < 1.29 is 9.21 Å². The molecule has 1 aliphatic rings. The van der Waals surface area contributed by atoms with Crippen LogP contribution in [0.5, 0.6) is 0 Å². The highest BCUT2D eigenvalue weighted by Crippen LogP contribution is 2.41. The number of hydrogen-bond donors (Lipinski definition) is 1. The molecule has 1 atom stereocenters. The monoisotopic (exact) mass is 429 g/mol. The quantitative estimate of drug-likeness (QED) is 0.627. The van der Waals surface area contributed by atoms with Crippen molar-refractivity contribution in [2.75, 3.05) is 38.5 Å². The zero-order valence-corrected chi connectivity index (χ0v) is 18.1. The van der Waals surface area contributed by atoms with Gasteiger partial charge in [-0.2, -0.15) is 0 Å². The van der Waals surface area contributed by atoms with Crippen molar-refractivity contribution >= 4 is 33.8 Å². The van der Waals surface area contributed by atoms with Gasteiger partial charge in [-0.05, 0) is 43.8 Å². The molecule has 0 saturated carbocycles. The lowest BCUT2D eigenvalue weighted by molar-refractivity contribution is 0.0996. The normalized spacial score (nSPS) is 16.7. The SMILES string of the molecule is Cc1cc([C@@H](c2ccccc2Cl)N2CCN(C)CC2)c(NC(=O)c2ccco2)s1. The fraction of sp³-hybridized carbons (Fsp3) is 0.318. The van der Waals surface area contributed by atoms with Crippen molar-refractivity contribution in [3.05, 3.63) is 75.5 Å². The Kier molecular flexibility index (Phi) is 6.06. The van der Waals surface area contributed by atoms with E-state index in [4.69, 9.17) is 16.0 Å². The fourth-order valence-electron chi connectivity index (χ4n) is 3.75. The van der Waals surface area contributed by atoms with Crippen LogP contribution in [0.2, 0.25) is 5.02 Å². The second-order valence-corrected chi connectivity index (χ2v) is 9.00. The average molecular weight is 430 g/mol. The number of benzene rings is 1. The third-order valence-electron chi connectivity index (χ3n) is 5.25. The van der Waals surface area contributed by atoms with E-state index in [1.165, 1.54) is 6.26 Å². The Morgan fingerprint density at radius 1 is 1.14 bits per heavy atom. The van der Waals surface area contributed by atoms with E-state index in [0.29, 0.717) is 5.76 Å². The van der Waals surface area contributed by atoms with Crippen molar-refractivity contribution in [1.82, 2.24) is 9.80 Å². The lowest BCUT2D eigenvalue weighted by Gasteiger charge is -2.38. The van der Waals surface area contributed by atoms with Gasteiger partial charge in [0, 0.05) is 41.6 Å². The summed E-state index contributed by atoms with van der Waals surface area (Å²) >= 11 is 8.21. The number of nitrogens with one attached hydrogen (secondary N) is 1. The van der Waals surface area contributed by atoms with Crippen LogP contribution in [0.4, 0.5) is 5.00 Å². The van der Waals surface area contributed by atoms with Crippen LogP contribution >= 0.6 is 22.9 Å². The summed E-state index contributed by atoms with van der Waals surface area (Å²) in [5, 5.41) is 4.64. The molecule has 0 radical (unpaired) electrons. The van der Waals surface area contributed by atoms with Gasteiger partial charge < -0.3 is 14.6 Å². The zero-order chi connectivity index (χ0) is 20.4. The first-order chi connectivity index (χ1) is 14.0. The molecule has 0 spiro atoms. The Balaban J connectivity index is 1.73. The number of amides is 1. The number of thiophene rings is 1. The molecule has 0 unspecified atom stereocenters. The number of carbonyl (C=O) groups excluding carboxylic acids is 1. The predicted molar refractivity (Wildman–Crippen MR) is 118 cm³/mol. The first kappa shape index (κ1) is 20.2. The van der Waals surface area contributed by atoms with Crippen LogP contribution in [0, 0.1) is 6.92 Å². The number of nitrogens with zero attached hydrogens (tertiary/aromatic N) is 2. The van der Waals surface area contributed by atoms with E-state index in [-0.39, 0.29) is 11.9 Å². The van der Waals surface area contributed by atoms with E-state index >= 15 is 0 Å². The van der Waals surface area contributed by atoms with Crippen LogP contribution in [0.1, 0.15) is 32.6 Å². The van der Waals surface area contributed by atoms with Gasteiger partial charge in [0.15, 0.2) is 5.76 Å². The van der Waals surface area contributed by atoms with Crippen LogP contribution in [0.15, 0.2) is 53.1 Å². The molecule has 7 heteroatoms. The maximum Gasteiger partial charge on any atom is 0.291 e. The summed E-state index contributed by atoms with van der Waals surface area (Å²) in [6.45, 7) is 5.93. The highest BCUT2D eigenvalue weighted by molar-refractivity contribution is 7.16. The van der Waals surface area contributed by atoms with Crippen LogP contribution in [-0.2, 0) is 0 Å². The Hall–Kier alpha value is -2.12. The van der Waals surface area contributed by atoms with Crippen molar-refractivity contribution in [2.24, 2.45) is 0 Å². The van der Waals surface area contributed by atoms with E-state index in [1.54, 1.807) is 23.5 Å². The van der Waals surface area contributed by atoms with Crippen LogP contribution in [0.3, 0.4) is 0 Å². The summed E-state index contributed by atoms with van der Waals surface area (Å²) in [6, 6.07) is 13.5. The fourth-order valence-corrected chi connectivity index (χ4v) is 4.92. The van der Waals surface area contributed by atoms with Crippen molar-refractivity contribution in [3.8, 4) is 0 Å².